The van der Waals surface area contributed by atoms with Gasteiger partial charge >= 0.3 is 5.97 Å². The van der Waals surface area contributed by atoms with Gasteiger partial charge in [-0.25, -0.2) is 0 Å². The van der Waals surface area contributed by atoms with Crippen LogP contribution in [0.15, 0.2) is 84.9 Å². The maximum atomic E-state index is 12.8. The van der Waals surface area contributed by atoms with Gasteiger partial charge in [0, 0.05) is 5.92 Å². The van der Waals surface area contributed by atoms with Crippen LogP contribution in [-0.2, 0) is 9.53 Å². The monoisotopic (exact) mass is 379 g/mol. The fraction of sp³-hybridized carbons (Fsp3) is 0.154. The van der Waals surface area contributed by atoms with Crippen LogP contribution in [0.25, 0.3) is 21.5 Å². The lowest BCUT2D eigenvalue weighted by Gasteiger charge is -2.24. The standard InChI is InChI=1S/C26H21NO2/c1-2-29-26(28)24(17-27)25(22-15-7-11-18-9-3-5-13-20(18)22)23-16-8-12-19-10-4-6-14-21(19)23/h3-16,24-25H,2H2,1H3. The van der Waals surface area contributed by atoms with Crippen LogP contribution in [0.1, 0.15) is 24.0 Å². The van der Waals surface area contributed by atoms with Gasteiger partial charge in [-0.15, -0.1) is 0 Å². The van der Waals surface area contributed by atoms with Gasteiger partial charge < -0.3 is 4.74 Å². The van der Waals surface area contributed by atoms with Crippen molar-refractivity contribution in [1.82, 2.24) is 0 Å². The van der Waals surface area contributed by atoms with Crippen LogP contribution in [0.5, 0.6) is 0 Å². The first-order valence-corrected chi connectivity index (χ1v) is 9.76. The molecule has 4 aromatic rings. The quantitative estimate of drug-likeness (QED) is 0.410. The summed E-state index contributed by atoms with van der Waals surface area (Å²) in [5.74, 6) is -1.86. The lowest BCUT2D eigenvalue weighted by atomic mass is 9.78. The smallest absolute Gasteiger partial charge is 0.324 e. The summed E-state index contributed by atoms with van der Waals surface area (Å²) in [6.45, 7) is 2.01. The van der Waals surface area contributed by atoms with E-state index < -0.39 is 17.8 Å². The van der Waals surface area contributed by atoms with Crippen molar-refractivity contribution < 1.29 is 9.53 Å². The Balaban J connectivity index is 2.02. The Morgan fingerprint density at radius 2 is 1.31 bits per heavy atom. The van der Waals surface area contributed by atoms with E-state index >= 15 is 0 Å². The van der Waals surface area contributed by atoms with E-state index in [1.807, 2.05) is 84.9 Å². The van der Waals surface area contributed by atoms with Crippen LogP contribution in [0.2, 0.25) is 0 Å². The van der Waals surface area contributed by atoms with Crippen LogP contribution >= 0.6 is 0 Å². The zero-order valence-electron chi connectivity index (χ0n) is 16.2. The molecule has 1 atom stereocenters. The highest BCUT2D eigenvalue weighted by Crippen LogP contribution is 2.39. The van der Waals surface area contributed by atoms with Crippen LogP contribution in [0.4, 0.5) is 0 Å². The molecule has 0 N–H and O–H groups in total. The average molecular weight is 379 g/mol. The third kappa shape index (κ3) is 3.46. The maximum absolute atomic E-state index is 12.8. The van der Waals surface area contributed by atoms with Crippen molar-refractivity contribution in [3.05, 3.63) is 96.1 Å². The minimum atomic E-state index is -0.938. The molecule has 0 spiro atoms. The van der Waals surface area contributed by atoms with Crippen molar-refractivity contribution in [3.8, 4) is 6.07 Å². The Hall–Kier alpha value is -3.64. The molecule has 4 rings (SSSR count). The summed E-state index contributed by atoms with van der Waals surface area (Å²) in [5.41, 5.74) is 1.91. The third-order valence-electron chi connectivity index (χ3n) is 5.33. The number of rotatable bonds is 5. The number of ether oxygens (including phenoxy) is 1. The molecule has 3 nitrogen and oxygen atoms in total. The van der Waals surface area contributed by atoms with Gasteiger partial charge in [0.05, 0.1) is 12.7 Å². The summed E-state index contributed by atoms with van der Waals surface area (Å²) < 4.78 is 5.28. The van der Waals surface area contributed by atoms with Crippen molar-refractivity contribution in [2.75, 3.05) is 6.61 Å². The Kier molecular flexibility index (Phi) is 5.27. The van der Waals surface area contributed by atoms with Crippen LogP contribution in [0.3, 0.4) is 0 Å². The second kappa shape index (κ2) is 8.16. The largest absolute Gasteiger partial charge is 0.465 e. The van der Waals surface area contributed by atoms with Crippen molar-refractivity contribution in [2.24, 2.45) is 5.92 Å². The lowest BCUT2D eigenvalue weighted by Crippen LogP contribution is -2.24. The molecule has 0 heterocycles. The second-order valence-electron chi connectivity index (χ2n) is 6.97. The van der Waals surface area contributed by atoms with Gasteiger partial charge in [-0.3, -0.25) is 4.79 Å². The van der Waals surface area contributed by atoms with E-state index in [2.05, 4.69) is 6.07 Å². The topological polar surface area (TPSA) is 50.1 Å². The van der Waals surface area contributed by atoms with Crippen molar-refractivity contribution >= 4 is 27.5 Å². The van der Waals surface area contributed by atoms with E-state index in [0.717, 1.165) is 32.7 Å². The Morgan fingerprint density at radius 1 is 0.828 bits per heavy atom. The van der Waals surface area contributed by atoms with Gasteiger partial charge in [0.15, 0.2) is 5.92 Å². The van der Waals surface area contributed by atoms with E-state index in [0.29, 0.717) is 0 Å². The number of fused-ring (bicyclic) bond motifs is 2. The molecule has 29 heavy (non-hydrogen) atoms. The molecule has 0 bridgehead atoms. The molecule has 0 fully saturated rings. The van der Waals surface area contributed by atoms with Crippen molar-refractivity contribution in [3.63, 3.8) is 0 Å². The van der Waals surface area contributed by atoms with E-state index in [1.54, 1.807) is 6.92 Å². The first kappa shape index (κ1) is 18.7. The van der Waals surface area contributed by atoms with Gasteiger partial charge in [-0.05, 0) is 39.6 Å². The maximum Gasteiger partial charge on any atom is 0.324 e. The van der Waals surface area contributed by atoms with Crippen LogP contribution < -0.4 is 0 Å². The fourth-order valence-electron chi connectivity index (χ4n) is 4.07. The Bertz CT molecular complexity index is 1130. The van der Waals surface area contributed by atoms with Gasteiger partial charge in [0.25, 0.3) is 0 Å². The molecule has 0 amide bonds. The number of carbonyl (C=O) groups excluding carboxylic acids is 1. The average Bonchev–Trinajstić information content (AvgIpc) is 2.77. The van der Waals surface area contributed by atoms with Gasteiger partial charge in [0.2, 0.25) is 0 Å². The number of carbonyl (C=O) groups is 1. The first-order chi connectivity index (χ1) is 14.2. The SMILES string of the molecule is CCOC(=O)C(C#N)C(c1cccc2ccccc12)c1cccc2ccccc12. The molecule has 0 aromatic heterocycles. The molecule has 0 saturated heterocycles. The summed E-state index contributed by atoms with van der Waals surface area (Å²) in [6, 6.07) is 30.5. The molecule has 142 valence electrons. The highest BCUT2D eigenvalue weighted by Gasteiger charge is 2.34. The van der Waals surface area contributed by atoms with E-state index in [1.165, 1.54) is 0 Å². The van der Waals surface area contributed by atoms with Crippen LogP contribution in [-0.4, -0.2) is 12.6 Å². The summed E-state index contributed by atoms with van der Waals surface area (Å²) >= 11 is 0. The Labute approximate surface area is 170 Å². The van der Waals surface area contributed by atoms with E-state index in [-0.39, 0.29) is 6.61 Å². The molecule has 0 radical (unpaired) electrons. The summed E-state index contributed by atoms with van der Waals surface area (Å²) in [5, 5.41) is 14.2. The number of hydrogen-bond acceptors (Lipinski definition) is 3. The molecule has 0 aliphatic carbocycles. The highest BCUT2D eigenvalue weighted by atomic mass is 16.5. The number of benzene rings is 4. The normalized spacial score (nSPS) is 12.0. The molecule has 0 aliphatic rings. The fourth-order valence-corrected chi connectivity index (χ4v) is 4.07. The zero-order chi connectivity index (χ0) is 20.2. The second-order valence-corrected chi connectivity index (χ2v) is 6.97. The molecule has 1 unspecified atom stereocenters. The molecular formula is C26H21NO2. The number of hydrogen-bond donors (Lipinski definition) is 0. The molecule has 4 aromatic carbocycles. The van der Waals surface area contributed by atoms with E-state index in [4.69, 9.17) is 4.74 Å². The number of nitrogens with zero attached hydrogens (tertiary/aromatic N) is 1. The Morgan fingerprint density at radius 3 is 1.79 bits per heavy atom. The van der Waals surface area contributed by atoms with Gasteiger partial charge in [-0.2, -0.15) is 5.26 Å². The molecule has 0 aliphatic heterocycles. The number of esters is 1. The summed E-state index contributed by atoms with van der Waals surface area (Å²) in [4.78, 5) is 12.8. The van der Waals surface area contributed by atoms with Crippen LogP contribution in [0, 0.1) is 17.2 Å². The van der Waals surface area contributed by atoms with Gasteiger partial charge in [0.1, 0.15) is 0 Å². The zero-order valence-corrected chi connectivity index (χ0v) is 16.2. The summed E-state index contributed by atoms with van der Waals surface area (Å²) in [7, 11) is 0. The minimum Gasteiger partial charge on any atom is -0.465 e. The van der Waals surface area contributed by atoms with Gasteiger partial charge in [-0.1, -0.05) is 84.9 Å². The van der Waals surface area contributed by atoms with E-state index in [9.17, 15) is 10.1 Å². The molecular weight excluding hydrogens is 358 g/mol. The highest BCUT2D eigenvalue weighted by molar-refractivity contribution is 5.92. The number of nitriles is 1. The predicted octanol–water partition coefficient (Wildman–Crippen LogP) is 5.83. The first-order valence-electron chi connectivity index (χ1n) is 9.76. The summed E-state index contributed by atoms with van der Waals surface area (Å²) in [6.07, 6.45) is 0. The minimum absolute atomic E-state index is 0.245. The molecule has 0 saturated carbocycles. The van der Waals surface area contributed by atoms with Crippen molar-refractivity contribution in [1.29, 1.82) is 5.26 Å². The molecule has 3 heteroatoms. The third-order valence-corrected chi connectivity index (χ3v) is 5.33. The lowest BCUT2D eigenvalue weighted by molar-refractivity contribution is -0.146. The van der Waals surface area contributed by atoms with Crippen molar-refractivity contribution in [2.45, 2.75) is 12.8 Å². The predicted molar refractivity (Wildman–Crippen MR) is 115 cm³/mol.